The Labute approximate surface area is 116 Å². The third kappa shape index (κ3) is 2.28. The monoisotopic (exact) mass is 266 g/mol. The van der Waals surface area contributed by atoms with Crippen molar-refractivity contribution in [2.45, 2.75) is 12.3 Å². The number of nitrogens with zero attached hydrogens (tertiary/aromatic N) is 1. The summed E-state index contributed by atoms with van der Waals surface area (Å²) in [5, 5.41) is 10.3. The zero-order chi connectivity index (χ0) is 13.9. The number of aromatic nitrogens is 2. The number of rotatable bonds is 4. The highest BCUT2D eigenvalue weighted by molar-refractivity contribution is 5.85. The Hall–Kier alpha value is -2.62. The van der Waals surface area contributed by atoms with Crippen LogP contribution in [0.2, 0.25) is 0 Å². The van der Waals surface area contributed by atoms with Crippen molar-refractivity contribution < 1.29 is 9.90 Å². The van der Waals surface area contributed by atoms with Crippen molar-refractivity contribution >= 4 is 16.9 Å². The minimum Gasteiger partial charge on any atom is -0.481 e. The smallest absolute Gasteiger partial charge is 0.304 e. The van der Waals surface area contributed by atoms with Gasteiger partial charge in [0, 0.05) is 35.4 Å². The topological polar surface area (TPSA) is 66.0 Å². The highest BCUT2D eigenvalue weighted by Gasteiger charge is 2.20. The minimum absolute atomic E-state index is 0.0614. The fourth-order valence-electron chi connectivity index (χ4n) is 2.56. The van der Waals surface area contributed by atoms with E-state index >= 15 is 0 Å². The van der Waals surface area contributed by atoms with Crippen LogP contribution < -0.4 is 0 Å². The zero-order valence-electron chi connectivity index (χ0n) is 10.8. The molecule has 2 heterocycles. The lowest BCUT2D eigenvalue weighted by Gasteiger charge is -2.14. The van der Waals surface area contributed by atoms with Crippen LogP contribution in [0.15, 0.2) is 55.0 Å². The normalized spacial score (nSPS) is 12.4. The molecule has 2 N–H and O–H groups in total. The molecule has 100 valence electrons. The van der Waals surface area contributed by atoms with E-state index in [9.17, 15) is 9.90 Å². The predicted octanol–water partition coefficient (Wildman–Crippen LogP) is 3.17. The largest absolute Gasteiger partial charge is 0.481 e. The highest BCUT2D eigenvalue weighted by atomic mass is 16.4. The van der Waals surface area contributed by atoms with Crippen LogP contribution in [0.3, 0.4) is 0 Å². The van der Waals surface area contributed by atoms with Crippen LogP contribution in [-0.2, 0) is 4.79 Å². The number of carboxylic acids is 1. The van der Waals surface area contributed by atoms with Gasteiger partial charge in [-0.05, 0) is 29.3 Å². The van der Waals surface area contributed by atoms with Crippen LogP contribution >= 0.6 is 0 Å². The molecule has 0 bridgehead atoms. The molecule has 0 fully saturated rings. The van der Waals surface area contributed by atoms with E-state index in [-0.39, 0.29) is 12.3 Å². The molecule has 0 spiro atoms. The Balaban J connectivity index is 2.12. The number of pyridine rings is 1. The van der Waals surface area contributed by atoms with Crippen LogP contribution in [0.1, 0.15) is 23.5 Å². The van der Waals surface area contributed by atoms with Gasteiger partial charge in [0.15, 0.2) is 0 Å². The summed E-state index contributed by atoms with van der Waals surface area (Å²) in [4.78, 5) is 18.4. The Bertz CT molecular complexity index is 734. The number of carbonyl (C=O) groups is 1. The number of nitrogens with one attached hydrogen (secondary N) is 1. The van der Waals surface area contributed by atoms with Crippen LogP contribution in [0.25, 0.3) is 10.9 Å². The van der Waals surface area contributed by atoms with Crippen molar-refractivity contribution in [2.24, 2.45) is 0 Å². The molecule has 2 aromatic heterocycles. The van der Waals surface area contributed by atoms with Gasteiger partial charge in [0.1, 0.15) is 0 Å². The van der Waals surface area contributed by atoms with Gasteiger partial charge in [-0.2, -0.15) is 0 Å². The van der Waals surface area contributed by atoms with Gasteiger partial charge in [-0.15, -0.1) is 0 Å². The number of carboxylic acid groups (broad SMARTS) is 1. The highest BCUT2D eigenvalue weighted by Crippen LogP contribution is 2.32. The summed E-state index contributed by atoms with van der Waals surface area (Å²) in [6.07, 6.45) is 5.35. The number of aromatic amines is 1. The molecule has 0 unspecified atom stereocenters. The molecule has 0 aliphatic rings. The van der Waals surface area contributed by atoms with E-state index in [4.69, 9.17) is 0 Å². The van der Waals surface area contributed by atoms with E-state index in [1.54, 1.807) is 12.4 Å². The minimum atomic E-state index is -0.808. The maximum absolute atomic E-state index is 11.2. The van der Waals surface area contributed by atoms with E-state index in [0.29, 0.717) is 0 Å². The summed E-state index contributed by atoms with van der Waals surface area (Å²) in [7, 11) is 0. The van der Waals surface area contributed by atoms with Gasteiger partial charge >= 0.3 is 5.97 Å². The standard InChI is InChI=1S/C16H14N2O2/c19-16(20)9-13(11-5-7-17-8-6-11)14-10-18-15-4-2-1-3-12(14)15/h1-8,10,13,18H,9H2,(H,19,20)/t13-/m0/s1. The lowest BCUT2D eigenvalue weighted by Crippen LogP contribution is -2.07. The van der Waals surface area contributed by atoms with Crippen molar-refractivity contribution in [2.75, 3.05) is 0 Å². The molecule has 1 aromatic carbocycles. The first-order chi connectivity index (χ1) is 9.75. The quantitative estimate of drug-likeness (QED) is 0.762. The van der Waals surface area contributed by atoms with E-state index in [0.717, 1.165) is 22.0 Å². The van der Waals surface area contributed by atoms with Crippen LogP contribution in [-0.4, -0.2) is 21.0 Å². The van der Waals surface area contributed by atoms with E-state index in [1.807, 2.05) is 42.6 Å². The maximum Gasteiger partial charge on any atom is 0.304 e. The van der Waals surface area contributed by atoms with Gasteiger partial charge in [-0.3, -0.25) is 9.78 Å². The average Bonchev–Trinajstić information content (AvgIpc) is 2.89. The number of fused-ring (bicyclic) bond motifs is 1. The lowest BCUT2D eigenvalue weighted by molar-refractivity contribution is -0.137. The van der Waals surface area contributed by atoms with Crippen molar-refractivity contribution in [3.63, 3.8) is 0 Å². The third-order valence-corrected chi connectivity index (χ3v) is 3.48. The summed E-state index contributed by atoms with van der Waals surface area (Å²) in [5.41, 5.74) is 2.99. The Morgan fingerprint density at radius 3 is 2.70 bits per heavy atom. The molecule has 4 heteroatoms. The summed E-state index contributed by atoms with van der Waals surface area (Å²) in [6, 6.07) is 11.7. The Morgan fingerprint density at radius 1 is 1.20 bits per heavy atom. The van der Waals surface area contributed by atoms with Gasteiger partial charge in [0.25, 0.3) is 0 Å². The summed E-state index contributed by atoms with van der Waals surface area (Å²) in [5.74, 6) is -0.983. The maximum atomic E-state index is 11.2. The SMILES string of the molecule is O=C(O)C[C@@H](c1ccncc1)c1c[nH]c2ccccc12. The first-order valence-electron chi connectivity index (χ1n) is 6.43. The molecule has 0 saturated carbocycles. The van der Waals surface area contributed by atoms with Crippen molar-refractivity contribution in [1.29, 1.82) is 0 Å². The average molecular weight is 266 g/mol. The predicted molar refractivity (Wildman–Crippen MR) is 76.6 cm³/mol. The molecular formula is C16H14N2O2. The summed E-state index contributed by atoms with van der Waals surface area (Å²) in [6.45, 7) is 0. The molecule has 0 saturated heterocycles. The van der Waals surface area contributed by atoms with Crippen LogP contribution in [0.4, 0.5) is 0 Å². The lowest BCUT2D eigenvalue weighted by atomic mass is 9.89. The molecule has 4 nitrogen and oxygen atoms in total. The molecule has 0 amide bonds. The van der Waals surface area contributed by atoms with Crippen LogP contribution in [0, 0.1) is 0 Å². The second-order valence-electron chi connectivity index (χ2n) is 4.72. The van der Waals surface area contributed by atoms with Crippen molar-refractivity contribution in [3.8, 4) is 0 Å². The molecule has 3 aromatic rings. The number of hydrogen-bond donors (Lipinski definition) is 2. The molecule has 0 radical (unpaired) electrons. The van der Waals surface area contributed by atoms with Gasteiger partial charge in [-0.25, -0.2) is 0 Å². The van der Waals surface area contributed by atoms with E-state index in [1.165, 1.54) is 0 Å². The Kier molecular flexibility index (Phi) is 3.21. The Morgan fingerprint density at radius 2 is 1.95 bits per heavy atom. The molecule has 3 rings (SSSR count). The van der Waals surface area contributed by atoms with Crippen molar-refractivity contribution in [3.05, 3.63) is 66.1 Å². The summed E-state index contributed by atoms with van der Waals surface area (Å²) < 4.78 is 0. The van der Waals surface area contributed by atoms with Gasteiger partial charge in [-0.1, -0.05) is 18.2 Å². The number of aliphatic carboxylic acids is 1. The second-order valence-corrected chi connectivity index (χ2v) is 4.72. The number of benzene rings is 1. The fraction of sp³-hybridized carbons (Fsp3) is 0.125. The van der Waals surface area contributed by atoms with Crippen LogP contribution in [0.5, 0.6) is 0 Å². The van der Waals surface area contributed by atoms with Crippen molar-refractivity contribution in [1.82, 2.24) is 9.97 Å². The van der Waals surface area contributed by atoms with E-state index < -0.39 is 5.97 Å². The second kappa shape index (κ2) is 5.17. The first-order valence-corrected chi connectivity index (χ1v) is 6.43. The number of para-hydroxylation sites is 1. The molecular weight excluding hydrogens is 252 g/mol. The molecule has 0 aliphatic carbocycles. The molecule has 0 aliphatic heterocycles. The van der Waals surface area contributed by atoms with Gasteiger partial charge < -0.3 is 10.1 Å². The third-order valence-electron chi connectivity index (χ3n) is 3.48. The number of H-pyrrole nitrogens is 1. The van der Waals surface area contributed by atoms with Gasteiger partial charge in [0.05, 0.1) is 6.42 Å². The zero-order valence-corrected chi connectivity index (χ0v) is 10.8. The molecule has 20 heavy (non-hydrogen) atoms. The van der Waals surface area contributed by atoms with Gasteiger partial charge in [0.2, 0.25) is 0 Å². The first kappa shape index (κ1) is 12.4. The molecule has 1 atom stereocenters. The fourth-order valence-corrected chi connectivity index (χ4v) is 2.56. The summed E-state index contributed by atoms with van der Waals surface area (Å²) >= 11 is 0. The van der Waals surface area contributed by atoms with E-state index in [2.05, 4.69) is 9.97 Å². The number of hydrogen-bond acceptors (Lipinski definition) is 2.